The van der Waals surface area contributed by atoms with Crippen molar-refractivity contribution in [2.75, 3.05) is 37.0 Å². The number of thiazole rings is 1. The highest BCUT2D eigenvalue weighted by Crippen LogP contribution is 2.30. The maximum Gasteiger partial charge on any atom is 0.401 e. The quantitative estimate of drug-likeness (QED) is 0.284. The fourth-order valence-electron chi connectivity index (χ4n) is 5.03. The van der Waals surface area contributed by atoms with E-state index in [9.17, 15) is 26.0 Å². The van der Waals surface area contributed by atoms with E-state index in [0.717, 1.165) is 10.9 Å². The van der Waals surface area contributed by atoms with Gasteiger partial charge in [-0.3, -0.25) is 9.47 Å². The van der Waals surface area contributed by atoms with E-state index in [1.54, 1.807) is 35.3 Å². The minimum atomic E-state index is -4.40. The van der Waals surface area contributed by atoms with Crippen LogP contribution in [0.25, 0.3) is 28.1 Å². The zero-order valence-corrected chi connectivity index (χ0v) is 22.7. The molecule has 7 nitrogen and oxygen atoms in total. The molecule has 0 amide bonds. The molecule has 0 bridgehead atoms. The van der Waals surface area contributed by atoms with Gasteiger partial charge >= 0.3 is 6.18 Å². The van der Waals surface area contributed by atoms with Crippen molar-refractivity contribution in [2.45, 2.75) is 31.5 Å². The van der Waals surface area contributed by atoms with Gasteiger partial charge in [-0.2, -0.15) is 13.2 Å². The van der Waals surface area contributed by atoms with Gasteiger partial charge in [-0.05, 0) is 49.1 Å². The van der Waals surface area contributed by atoms with Crippen molar-refractivity contribution < 1.29 is 26.0 Å². The molecule has 0 atom stereocenters. The minimum absolute atomic E-state index is 0.0995. The van der Waals surface area contributed by atoms with Gasteiger partial charge in [0.1, 0.15) is 27.1 Å². The number of benzene rings is 1. The summed E-state index contributed by atoms with van der Waals surface area (Å²) >= 11 is 1.40. The van der Waals surface area contributed by atoms with E-state index < -0.39 is 34.4 Å². The molecule has 0 spiro atoms. The third kappa shape index (κ3) is 6.25. The normalized spacial score (nSPS) is 16.3. The summed E-state index contributed by atoms with van der Waals surface area (Å²) in [7, 11) is -1.56. The van der Waals surface area contributed by atoms with Crippen molar-refractivity contribution >= 4 is 37.9 Å². The fourth-order valence-corrected chi connectivity index (χ4v) is 7.03. The van der Waals surface area contributed by atoms with Gasteiger partial charge in [-0.25, -0.2) is 22.8 Å². The highest BCUT2D eigenvalue weighted by molar-refractivity contribution is 7.91. The molecular formula is C26H27F4N5O2S2. The van der Waals surface area contributed by atoms with Crippen molar-refractivity contribution in [1.29, 1.82) is 0 Å². The molecule has 4 heterocycles. The van der Waals surface area contributed by atoms with Crippen molar-refractivity contribution in [1.82, 2.24) is 19.4 Å². The van der Waals surface area contributed by atoms with Gasteiger partial charge < -0.3 is 5.32 Å². The number of hydrogen-bond acceptors (Lipinski definition) is 7. The lowest BCUT2D eigenvalue weighted by atomic mass is 10.1. The highest BCUT2D eigenvalue weighted by Gasteiger charge is 2.36. The van der Waals surface area contributed by atoms with E-state index in [1.165, 1.54) is 22.3 Å². The van der Waals surface area contributed by atoms with Gasteiger partial charge in [0.25, 0.3) is 0 Å². The zero-order chi connectivity index (χ0) is 27.8. The molecule has 1 saturated heterocycles. The SMILES string of the molecule is CNc1ccc(-c2ccc3c(CCN(CC(F)(F)F)C4CCS(=O)(=O)CC4)cn(-c4cscn4)c3n2)cc1F. The van der Waals surface area contributed by atoms with Crippen molar-refractivity contribution in [3.05, 3.63) is 58.8 Å². The van der Waals surface area contributed by atoms with Crippen LogP contribution >= 0.6 is 11.3 Å². The first kappa shape index (κ1) is 27.5. The second-order valence-electron chi connectivity index (χ2n) is 9.60. The van der Waals surface area contributed by atoms with Gasteiger partial charge in [0, 0.05) is 42.2 Å². The summed E-state index contributed by atoms with van der Waals surface area (Å²) in [4.78, 5) is 10.5. The smallest absolute Gasteiger partial charge is 0.386 e. The Balaban J connectivity index is 1.47. The summed E-state index contributed by atoms with van der Waals surface area (Å²) in [6.45, 7) is -0.988. The number of fused-ring (bicyclic) bond motifs is 1. The number of nitrogens with zero attached hydrogens (tertiary/aromatic N) is 4. The predicted octanol–water partition coefficient (Wildman–Crippen LogP) is 5.31. The number of rotatable bonds is 8. The largest absolute Gasteiger partial charge is 0.401 e. The number of nitrogens with one attached hydrogen (secondary N) is 1. The molecule has 1 aromatic carbocycles. The average molecular weight is 582 g/mol. The molecule has 5 rings (SSSR count). The zero-order valence-electron chi connectivity index (χ0n) is 21.1. The van der Waals surface area contributed by atoms with E-state index in [-0.39, 0.29) is 30.9 Å². The Hall–Kier alpha value is -3.03. The maximum atomic E-state index is 14.4. The number of aromatic nitrogens is 3. The standard InChI is InChI=1S/C26H27F4N5O2S2/c1-31-23-4-2-17(12-21(23)27)22-5-3-20-18(13-35(25(20)33-22)24-14-38-16-32-24)6-9-34(15-26(28,29)30)19-7-10-39(36,37)11-8-19/h2-5,12-14,16,19,31H,6-11,15H2,1H3. The molecule has 0 saturated carbocycles. The molecule has 4 aromatic rings. The Morgan fingerprint density at radius 1 is 1.18 bits per heavy atom. The number of halogens is 4. The van der Waals surface area contributed by atoms with Crippen molar-refractivity contribution in [3.8, 4) is 17.1 Å². The molecule has 0 radical (unpaired) electrons. The van der Waals surface area contributed by atoms with Crippen LogP contribution in [-0.2, 0) is 16.3 Å². The van der Waals surface area contributed by atoms with Crippen LogP contribution in [0.1, 0.15) is 18.4 Å². The summed E-state index contributed by atoms with van der Waals surface area (Å²) in [6, 6.07) is 7.96. The first-order valence-corrected chi connectivity index (χ1v) is 15.2. The highest BCUT2D eigenvalue weighted by atomic mass is 32.2. The van der Waals surface area contributed by atoms with Crippen LogP contribution in [0.15, 0.2) is 47.4 Å². The van der Waals surface area contributed by atoms with Gasteiger partial charge in [0.2, 0.25) is 0 Å². The fraction of sp³-hybridized carbons (Fsp3) is 0.385. The Labute approximate surface area is 227 Å². The molecule has 1 fully saturated rings. The lowest BCUT2D eigenvalue weighted by Crippen LogP contribution is -2.46. The number of pyridine rings is 1. The molecule has 0 unspecified atom stereocenters. The number of alkyl halides is 3. The van der Waals surface area contributed by atoms with Gasteiger partial charge in [0.15, 0.2) is 0 Å². The van der Waals surface area contributed by atoms with Gasteiger partial charge in [-0.1, -0.05) is 6.07 Å². The molecule has 1 aliphatic heterocycles. The van der Waals surface area contributed by atoms with Crippen LogP contribution < -0.4 is 5.32 Å². The van der Waals surface area contributed by atoms with Crippen LogP contribution in [0.4, 0.5) is 23.2 Å². The first-order valence-electron chi connectivity index (χ1n) is 12.4. The molecule has 39 heavy (non-hydrogen) atoms. The summed E-state index contributed by atoms with van der Waals surface area (Å²) < 4.78 is 80.3. The molecule has 13 heteroatoms. The molecular weight excluding hydrogens is 554 g/mol. The Morgan fingerprint density at radius 3 is 2.59 bits per heavy atom. The van der Waals surface area contributed by atoms with E-state index in [2.05, 4.69) is 10.3 Å². The summed E-state index contributed by atoms with van der Waals surface area (Å²) in [6.07, 6.45) is -1.89. The summed E-state index contributed by atoms with van der Waals surface area (Å²) in [5.41, 5.74) is 4.55. The van der Waals surface area contributed by atoms with E-state index in [1.807, 2.05) is 17.6 Å². The van der Waals surface area contributed by atoms with E-state index >= 15 is 0 Å². The monoisotopic (exact) mass is 581 g/mol. The van der Waals surface area contributed by atoms with Crippen LogP contribution in [0.2, 0.25) is 0 Å². The maximum absolute atomic E-state index is 14.4. The Bertz CT molecular complexity index is 1560. The molecule has 1 aliphatic rings. The number of hydrogen-bond donors (Lipinski definition) is 1. The number of sulfone groups is 1. The topological polar surface area (TPSA) is 80.1 Å². The first-order chi connectivity index (χ1) is 18.5. The van der Waals surface area contributed by atoms with Crippen LogP contribution in [-0.4, -0.2) is 71.7 Å². The number of anilines is 1. The van der Waals surface area contributed by atoms with E-state index in [4.69, 9.17) is 4.98 Å². The van der Waals surface area contributed by atoms with Gasteiger partial charge in [0.05, 0.1) is 34.9 Å². The molecule has 3 aromatic heterocycles. The van der Waals surface area contributed by atoms with Crippen molar-refractivity contribution in [2.24, 2.45) is 0 Å². The minimum Gasteiger partial charge on any atom is -0.386 e. The second-order valence-corrected chi connectivity index (χ2v) is 12.6. The van der Waals surface area contributed by atoms with Gasteiger partial charge in [-0.15, -0.1) is 11.3 Å². The van der Waals surface area contributed by atoms with Crippen LogP contribution in [0.5, 0.6) is 0 Å². The lowest BCUT2D eigenvalue weighted by Gasteiger charge is -2.34. The van der Waals surface area contributed by atoms with Crippen LogP contribution in [0, 0.1) is 5.82 Å². The third-order valence-electron chi connectivity index (χ3n) is 7.03. The Kier molecular flexibility index (Phi) is 7.66. The summed E-state index contributed by atoms with van der Waals surface area (Å²) in [5, 5.41) is 5.39. The van der Waals surface area contributed by atoms with E-state index in [0.29, 0.717) is 34.8 Å². The van der Waals surface area contributed by atoms with Crippen LogP contribution in [0.3, 0.4) is 0 Å². The lowest BCUT2D eigenvalue weighted by molar-refractivity contribution is -0.151. The summed E-state index contributed by atoms with van der Waals surface area (Å²) in [5.74, 6) is 0.0187. The molecule has 208 valence electrons. The second kappa shape index (κ2) is 10.9. The molecule has 0 aliphatic carbocycles. The van der Waals surface area contributed by atoms with Crippen molar-refractivity contribution in [3.63, 3.8) is 0 Å². The predicted molar refractivity (Wildman–Crippen MR) is 145 cm³/mol. The molecule has 1 N–H and O–H groups in total. The average Bonchev–Trinajstić information content (AvgIpc) is 3.54. The third-order valence-corrected chi connectivity index (χ3v) is 9.32. The Morgan fingerprint density at radius 2 is 1.95 bits per heavy atom.